The maximum absolute atomic E-state index is 11.0. The molecule has 0 unspecified atom stereocenters. The minimum atomic E-state index is -0.230. The summed E-state index contributed by atoms with van der Waals surface area (Å²) in [6.07, 6.45) is 4.15. The Kier molecular flexibility index (Phi) is 3.13. The largest absolute Gasteiger partial charge is 0.338 e. The third-order valence-electron chi connectivity index (χ3n) is 1.27. The molecule has 3 N–H and O–H groups in total. The highest BCUT2D eigenvalue weighted by Crippen LogP contribution is 1.93. The summed E-state index contributed by atoms with van der Waals surface area (Å²) in [6.45, 7) is 2.67. The first-order valence-corrected chi connectivity index (χ1v) is 3.87. The van der Waals surface area contributed by atoms with Gasteiger partial charge in [-0.1, -0.05) is 6.92 Å². The summed E-state index contributed by atoms with van der Waals surface area (Å²) in [5.74, 6) is 0.462. The van der Waals surface area contributed by atoms with Crippen LogP contribution in [-0.4, -0.2) is 22.5 Å². The lowest BCUT2D eigenvalue weighted by Gasteiger charge is -2.02. The maximum atomic E-state index is 11.0. The number of urea groups is 1. The molecule has 0 bridgehead atoms. The van der Waals surface area contributed by atoms with Gasteiger partial charge < -0.3 is 10.3 Å². The van der Waals surface area contributed by atoms with Gasteiger partial charge in [-0.2, -0.15) is 0 Å². The number of carbonyl (C=O) groups is 1. The Balaban J connectivity index is 2.27. The quantitative estimate of drug-likeness (QED) is 0.628. The van der Waals surface area contributed by atoms with E-state index in [-0.39, 0.29) is 6.03 Å². The zero-order valence-corrected chi connectivity index (χ0v) is 6.92. The number of aromatic nitrogens is 2. The molecule has 0 radical (unpaired) electrons. The van der Waals surface area contributed by atoms with Crippen LogP contribution in [0.4, 0.5) is 10.7 Å². The average molecular weight is 168 g/mol. The van der Waals surface area contributed by atoms with Gasteiger partial charge >= 0.3 is 6.03 Å². The number of hydrogen-bond acceptors (Lipinski definition) is 2. The van der Waals surface area contributed by atoms with Crippen LogP contribution in [0.3, 0.4) is 0 Å². The van der Waals surface area contributed by atoms with Crippen LogP contribution >= 0.6 is 0 Å². The van der Waals surface area contributed by atoms with Gasteiger partial charge in [-0.05, 0) is 6.42 Å². The van der Waals surface area contributed by atoms with E-state index in [1.54, 1.807) is 12.4 Å². The molecule has 0 saturated heterocycles. The third-order valence-corrected chi connectivity index (χ3v) is 1.27. The predicted octanol–water partition coefficient (Wildman–Crippen LogP) is 0.941. The lowest BCUT2D eigenvalue weighted by atomic mass is 10.5. The topological polar surface area (TPSA) is 69.8 Å². The van der Waals surface area contributed by atoms with Crippen molar-refractivity contribution in [3.63, 3.8) is 0 Å². The third kappa shape index (κ3) is 2.61. The number of amides is 2. The lowest BCUT2D eigenvalue weighted by molar-refractivity contribution is 0.252. The average Bonchev–Trinajstić information content (AvgIpc) is 2.53. The second kappa shape index (κ2) is 4.38. The van der Waals surface area contributed by atoms with E-state index in [9.17, 15) is 4.79 Å². The van der Waals surface area contributed by atoms with Gasteiger partial charge in [0, 0.05) is 18.9 Å². The van der Waals surface area contributed by atoms with Crippen molar-refractivity contribution in [3.8, 4) is 0 Å². The molecular formula is C7H12N4O. The van der Waals surface area contributed by atoms with Gasteiger partial charge in [-0.25, -0.2) is 9.78 Å². The molecule has 66 valence electrons. The summed E-state index contributed by atoms with van der Waals surface area (Å²) in [4.78, 5) is 17.6. The number of aromatic amines is 1. The molecule has 5 heteroatoms. The van der Waals surface area contributed by atoms with Crippen LogP contribution in [0, 0.1) is 0 Å². The van der Waals surface area contributed by atoms with Gasteiger partial charge in [0.2, 0.25) is 5.95 Å². The fourth-order valence-corrected chi connectivity index (χ4v) is 0.724. The van der Waals surface area contributed by atoms with Crippen LogP contribution in [0.15, 0.2) is 12.4 Å². The highest BCUT2D eigenvalue weighted by atomic mass is 16.2. The normalized spacial score (nSPS) is 9.42. The molecule has 0 atom stereocenters. The molecule has 0 spiro atoms. The summed E-state index contributed by atoms with van der Waals surface area (Å²) in [6, 6.07) is -0.230. The van der Waals surface area contributed by atoms with Crippen LogP contribution < -0.4 is 10.6 Å². The summed E-state index contributed by atoms with van der Waals surface area (Å²) in [7, 11) is 0. The molecule has 0 saturated carbocycles. The second-order valence-electron chi connectivity index (χ2n) is 2.32. The molecule has 1 aromatic rings. The Morgan fingerprint density at radius 2 is 2.58 bits per heavy atom. The van der Waals surface area contributed by atoms with Gasteiger partial charge in [0.25, 0.3) is 0 Å². The molecule has 5 nitrogen and oxygen atoms in total. The number of imidazole rings is 1. The standard InChI is InChI=1S/C7H12N4O/c1-2-3-10-7(12)11-6-8-4-5-9-6/h4-5H,2-3H2,1H3,(H3,8,9,10,11,12). The Morgan fingerprint density at radius 3 is 3.17 bits per heavy atom. The van der Waals surface area contributed by atoms with Crippen molar-refractivity contribution >= 4 is 12.0 Å². The first kappa shape index (κ1) is 8.58. The van der Waals surface area contributed by atoms with Crippen molar-refractivity contribution in [3.05, 3.63) is 12.4 Å². The number of H-pyrrole nitrogens is 1. The van der Waals surface area contributed by atoms with Crippen LogP contribution in [0.5, 0.6) is 0 Å². The molecule has 0 aromatic carbocycles. The summed E-state index contributed by atoms with van der Waals surface area (Å²) in [5, 5.41) is 5.20. The molecule has 0 aliphatic heterocycles. The van der Waals surface area contributed by atoms with E-state index in [1.165, 1.54) is 0 Å². The summed E-state index contributed by atoms with van der Waals surface area (Å²) in [5.41, 5.74) is 0. The fraction of sp³-hybridized carbons (Fsp3) is 0.429. The molecular weight excluding hydrogens is 156 g/mol. The first-order chi connectivity index (χ1) is 5.83. The van der Waals surface area contributed by atoms with E-state index in [0.29, 0.717) is 12.5 Å². The number of rotatable bonds is 3. The highest BCUT2D eigenvalue weighted by Gasteiger charge is 1.99. The van der Waals surface area contributed by atoms with Crippen molar-refractivity contribution in [2.75, 3.05) is 11.9 Å². The van der Waals surface area contributed by atoms with Crippen LogP contribution in [0.1, 0.15) is 13.3 Å². The first-order valence-electron chi connectivity index (χ1n) is 3.87. The van der Waals surface area contributed by atoms with Gasteiger partial charge in [0.1, 0.15) is 0 Å². The van der Waals surface area contributed by atoms with Crippen molar-refractivity contribution in [1.29, 1.82) is 0 Å². The summed E-state index contributed by atoms with van der Waals surface area (Å²) < 4.78 is 0. The SMILES string of the molecule is CCCNC(=O)Nc1ncc[nH]1. The Labute approximate surface area is 70.6 Å². The van der Waals surface area contributed by atoms with Crippen molar-refractivity contribution in [1.82, 2.24) is 15.3 Å². The maximum Gasteiger partial charge on any atom is 0.321 e. The predicted molar refractivity (Wildman–Crippen MR) is 45.9 cm³/mol. The molecule has 0 aliphatic carbocycles. The monoisotopic (exact) mass is 168 g/mol. The van der Waals surface area contributed by atoms with Gasteiger partial charge in [0.15, 0.2) is 0 Å². The van der Waals surface area contributed by atoms with Gasteiger partial charge in [-0.15, -0.1) is 0 Å². The number of nitrogens with zero attached hydrogens (tertiary/aromatic N) is 1. The minimum absolute atomic E-state index is 0.230. The Morgan fingerprint density at radius 1 is 1.75 bits per heavy atom. The highest BCUT2D eigenvalue weighted by molar-refractivity contribution is 5.87. The van der Waals surface area contributed by atoms with E-state index in [2.05, 4.69) is 20.6 Å². The van der Waals surface area contributed by atoms with Crippen molar-refractivity contribution in [2.45, 2.75) is 13.3 Å². The molecule has 0 fully saturated rings. The molecule has 1 aromatic heterocycles. The molecule has 12 heavy (non-hydrogen) atoms. The van der Waals surface area contributed by atoms with Crippen molar-refractivity contribution in [2.24, 2.45) is 0 Å². The fourth-order valence-electron chi connectivity index (χ4n) is 0.724. The number of hydrogen-bond donors (Lipinski definition) is 3. The number of carbonyl (C=O) groups excluding carboxylic acids is 1. The van der Waals surface area contributed by atoms with Crippen LogP contribution in [-0.2, 0) is 0 Å². The molecule has 1 heterocycles. The van der Waals surface area contributed by atoms with Crippen LogP contribution in [0.25, 0.3) is 0 Å². The summed E-state index contributed by atoms with van der Waals surface area (Å²) >= 11 is 0. The zero-order valence-electron chi connectivity index (χ0n) is 6.92. The number of nitrogens with one attached hydrogen (secondary N) is 3. The van der Waals surface area contributed by atoms with Gasteiger partial charge in [0.05, 0.1) is 0 Å². The number of anilines is 1. The second-order valence-corrected chi connectivity index (χ2v) is 2.32. The smallest absolute Gasteiger partial charge is 0.321 e. The van der Waals surface area contributed by atoms with E-state index in [0.717, 1.165) is 6.42 Å². The molecule has 0 aliphatic rings. The van der Waals surface area contributed by atoms with E-state index >= 15 is 0 Å². The Hall–Kier alpha value is -1.52. The van der Waals surface area contributed by atoms with Crippen molar-refractivity contribution < 1.29 is 4.79 Å². The van der Waals surface area contributed by atoms with E-state index in [4.69, 9.17) is 0 Å². The minimum Gasteiger partial charge on any atom is -0.338 e. The van der Waals surface area contributed by atoms with E-state index in [1.807, 2.05) is 6.92 Å². The van der Waals surface area contributed by atoms with Crippen LogP contribution in [0.2, 0.25) is 0 Å². The zero-order chi connectivity index (χ0) is 8.81. The van der Waals surface area contributed by atoms with Gasteiger partial charge in [-0.3, -0.25) is 5.32 Å². The molecule has 2 amide bonds. The molecule has 1 rings (SSSR count). The Bertz CT molecular complexity index is 232. The van der Waals surface area contributed by atoms with E-state index < -0.39 is 0 Å². The lowest BCUT2D eigenvalue weighted by Crippen LogP contribution is -2.29.